The second-order valence-electron chi connectivity index (χ2n) is 3.84. The summed E-state index contributed by atoms with van der Waals surface area (Å²) < 4.78 is 18.7. The third-order valence-corrected chi connectivity index (χ3v) is 2.95. The number of hydrogen-bond donors (Lipinski definition) is 0. The first-order valence-corrected chi connectivity index (χ1v) is 6.23. The molecular formula is C12H6BrFN2O5. The van der Waals surface area contributed by atoms with Crippen LogP contribution in [0.2, 0.25) is 0 Å². The lowest BCUT2D eigenvalue weighted by Gasteiger charge is -2.07. The predicted octanol–water partition coefficient (Wildman–Crippen LogP) is 4.20. The van der Waals surface area contributed by atoms with Gasteiger partial charge in [0.05, 0.1) is 15.9 Å². The minimum atomic E-state index is -0.830. The Labute approximate surface area is 125 Å². The van der Waals surface area contributed by atoms with E-state index < -0.39 is 21.4 Å². The number of hydrogen-bond acceptors (Lipinski definition) is 5. The smallest absolute Gasteiger partial charge is 0.314 e. The number of rotatable bonds is 4. The van der Waals surface area contributed by atoms with Crippen LogP contribution in [0.5, 0.6) is 11.5 Å². The lowest BCUT2D eigenvalue weighted by Crippen LogP contribution is -1.97. The number of ether oxygens (including phenoxy) is 1. The van der Waals surface area contributed by atoms with E-state index in [1.54, 1.807) is 0 Å². The van der Waals surface area contributed by atoms with Crippen LogP contribution in [0.25, 0.3) is 0 Å². The predicted molar refractivity (Wildman–Crippen MR) is 73.9 cm³/mol. The topological polar surface area (TPSA) is 95.5 Å². The largest absolute Gasteiger partial charge is 0.443 e. The zero-order valence-electron chi connectivity index (χ0n) is 10.2. The van der Waals surface area contributed by atoms with E-state index in [0.29, 0.717) is 10.5 Å². The van der Waals surface area contributed by atoms with E-state index in [4.69, 9.17) is 4.74 Å². The molecule has 21 heavy (non-hydrogen) atoms. The van der Waals surface area contributed by atoms with Crippen molar-refractivity contribution in [3.63, 3.8) is 0 Å². The van der Waals surface area contributed by atoms with Gasteiger partial charge in [0.2, 0.25) is 11.5 Å². The first kappa shape index (κ1) is 14.9. The van der Waals surface area contributed by atoms with E-state index in [1.807, 2.05) is 0 Å². The Kier molecular flexibility index (Phi) is 4.13. The highest BCUT2D eigenvalue weighted by Crippen LogP contribution is 2.37. The number of nitro groups is 2. The maximum Gasteiger partial charge on any atom is 0.314 e. The van der Waals surface area contributed by atoms with Crippen molar-refractivity contribution < 1.29 is 19.0 Å². The van der Waals surface area contributed by atoms with Gasteiger partial charge in [0.1, 0.15) is 5.82 Å². The van der Waals surface area contributed by atoms with Gasteiger partial charge in [-0.25, -0.2) is 4.39 Å². The second-order valence-corrected chi connectivity index (χ2v) is 4.76. The van der Waals surface area contributed by atoms with Crippen LogP contribution in [-0.2, 0) is 0 Å². The monoisotopic (exact) mass is 356 g/mol. The molecule has 2 aromatic rings. The molecule has 7 nitrogen and oxygen atoms in total. The standard InChI is InChI=1S/C12H6BrFN2O5/c13-7-1-3-11(9(5-7)15(17)18)21-12-4-2-8(14)6-10(12)16(19)20/h1-6H. The molecule has 0 aromatic heterocycles. The van der Waals surface area contributed by atoms with Crippen LogP contribution in [0.3, 0.4) is 0 Å². The Morgan fingerprint density at radius 1 is 0.952 bits per heavy atom. The molecule has 0 amide bonds. The minimum absolute atomic E-state index is 0.182. The molecule has 108 valence electrons. The maximum atomic E-state index is 13.0. The molecule has 0 heterocycles. The number of nitrogens with zero attached hydrogens (tertiary/aromatic N) is 2. The third kappa shape index (κ3) is 3.31. The number of nitro benzene ring substituents is 2. The van der Waals surface area contributed by atoms with Crippen LogP contribution in [0, 0.1) is 26.0 Å². The molecule has 2 aromatic carbocycles. The SMILES string of the molecule is O=[N+]([O-])c1cc(F)ccc1Oc1ccc(Br)cc1[N+](=O)[O-]. The average Bonchev–Trinajstić information content (AvgIpc) is 2.42. The molecule has 9 heteroatoms. The number of benzene rings is 2. The van der Waals surface area contributed by atoms with Gasteiger partial charge in [-0.2, -0.15) is 0 Å². The molecule has 0 saturated heterocycles. The quantitative estimate of drug-likeness (QED) is 0.604. The highest BCUT2D eigenvalue weighted by atomic mass is 79.9. The Hall–Kier alpha value is -2.55. The average molecular weight is 357 g/mol. The van der Waals surface area contributed by atoms with Crippen molar-refractivity contribution in [2.75, 3.05) is 0 Å². The van der Waals surface area contributed by atoms with Crippen LogP contribution in [0.15, 0.2) is 40.9 Å². The highest BCUT2D eigenvalue weighted by molar-refractivity contribution is 9.10. The van der Waals surface area contributed by atoms with E-state index >= 15 is 0 Å². The van der Waals surface area contributed by atoms with Crippen LogP contribution >= 0.6 is 15.9 Å². The van der Waals surface area contributed by atoms with Gasteiger partial charge in [0, 0.05) is 10.5 Å². The fourth-order valence-electron chi connectivity index (χ4n) is 1.56. The summed E-state index contributed by atoms with van der Waals surface area (Å²) in [7, 11) is 0. The second kappa shape index (κ2) is 5.83. The molecule has 0 N–H and O–H groups in total. The van der Waals surface area contributed by atoms with E-state index in [2.05, 4.69) is 15.9 Å². The Balaban J connectivity index is 2.48. The molecule has 0 aliphatic carbocycles. The summed E-state index contributed by atoms with van der Waals surface area (Å²) in [5.41, 5.74) is -0.991. The van der Waals surface area contributed by atoms with Crippen molar-refractivity contribution in [2.24, 2.45) is 0 Å². The fourth-order valence-corrected chi connectivity index (χ4v) is 1.91. The fraction of sp³-hybridized carbons (Fsp3) is 0. The first-order valence-electron chi connectivity index (χ1n) is 5.44. The summed E-state index contributed by atoms with van der Waals surface area (Å²) in [5.74, 6) is -1.27. The molecular weight excluding hydrogens is 351 g/mol. The van der Waals surface area contributed by atoms with Gasteiger partial charge in [-0.15, -0.1) is 0 Å². The Morgan fingerprint density at radius 2 is 1.48 bits per heavy atom. The normalized spacial score (nSPS) is 10.2. The van der Waals surface area contributed by atoms with Crippen LogP contribution < -0.4 is 4.74 Å². The van der Waals surface area contributed by atoms with Gasteiger partial charge in [-0.1, -0.05) is 15.9 Å². The minimum Gasteiger partial charge on any atom is -0.443 e. The maximum absolute atomic E-state index is 13.0. The number of halogens is 2. The van der Waals surface area contributed by atoms with Crippen molar-refractivity contribution in [1.82, 2.24) is 0 Å². The molecule has 2 rings (SSSR count). The summed E-state index contributed by atoms with van der Waals surface area (Å²) in [6, 6.07) is 6.66. The van der Waals surface area contributed by atoms with Crippen LogP contribution in [-0.4, -0.2) is 9.85 Å². The Morgan fingerprint density at radius 3 is 2.05 bits per heavy atom. The molecule has 0 unspecified atom stereocenters. The molecule has 0 fully saturated rings. The summed E-state index contributed by atoms with van der Waals surface area (Å²) in [4.78, 5) is 20.3. The summed E-state index contributed by atoms with van der Waals surface area (Å²) in [6.07, 6.45) is 0. The molecule has 0 saturated carbocycles. The lowest BCUT2D eigenvalue weighted by atomic mass is 10.2. The highest BCUT2D eigenvalue weighted by Gasteiger charge is 2.21. The van der Waals surface area contributed by atoms with E-state index in [1.165, 1.54) is 18.2 Å². The molecule has 0 atom stereocenters. The zero-order valence-corrected chi connectivity index (χ0v) is 11.7. The van der Waals surface area contributed by atoms with E-state index in [9.17, 15) is 24.6 Å². The van der Waals surface area contributed by atoms with Crippen molar-refractivity contribution in [3.8, 4) is 11.5 Å². The van der Waals surface area contributed by atoms with Gasteiger partial charge >= 0.3 is 11.4 Å². The van der Waals surface area contributed by atoms with Crippen molar-refractivity contribution >= 4 is 27.3 Å². The van der Waals surface area contributed by atoms with Crippen molar-refractivity contribution in [1.29, 1.82) is 0 Å². The first-order chi connectivity index (χ1) is 9.88. The molecule has 0 aliphatic rings. The lowest BCUT2D eigenvalue weighted by molar-refractivity contribution is -0.387. The van der Waals surface area contributed by atoms with Gasteiger partial charge in [0.25, 0.3) is 0 Å². The van der Waals surface area contributed by atoms with E-state index in [-0.39, 0.29) is 17.2 Å². The third-order valence-electron chi connectivity index (χ3n) is 2.46. The zero-order chi connectivity index (χ0) is 15.6. The van der Waals surface area contributed by atoms with Gasteiger partial charge in [0.15, 0.2) is 0 Å². The van der Waals surface area contributed by atoms with E-state index in [0.717, 1.165) is 12.1 Å². The summed E-state index contributed by atoms with van der Waals surface area (Å²) in [6.45, 7) is 0. The van der Waals surface area contributed by atoms with Gasteiger partial charge < -0.3 is 4.74 Å². The molecule has 0 bridgehead atoms. The molecule has 0 radical (unpaired) electrons. The van der Waals surface area contributed by atoms with Gasteiger partial charge in [-0.05, 0) is 24.3 Å². The molecule has 0 aliphatic heterocycles. The van der Waals surface area contributed by atoms with Crippen molar-refractivity contribution in [3.05, 3.63) is 66.9 Å². The van der Waals surface area contributed by atoms with Crippen molar-refractivity contribution in [2.45, 2.75) is 0 Å². The van der Waals surface area contributed by atoms with Crippen LogP contribution in [0.1, 0.15) is 0 Å². The Bertz CT molecular complexity index is 676. The summed E-state index contributed by atoms with van der Waals surface area (Å²) in [5, 5.41) is 21.8. The summed E-state index contributed by atoms with van der Waals surface area (Å²) >= 11 is 3.08. The molecule has 0 spiro atoms. The van der Waals surface area contributed by atoms with Crippen LogP contribution in [0.4, 0.5) is 15.8 Å². The van der Waals surface area contributed by atoms with Gasteiger partial charge in [-0.3, -0.25) is 20.2 Å².